The van der Waals surface area contributed by atoms with Crippen molar-refractivity contribution < 1.29 is 0 Å². The summed E-state index contributed by atoms with van der Waals surface area (Å²) in [5.74, 6) is 0.912. The fourth-order valence-corrected chi connectivity index (χ4v) is 1.89. The van der Waals surface area contributed by atoms with E-state index >= 15 is 0 Å². The highest BCUT2D eigenvalue weighted by Gasteiger charge is 2.33. The van der Waals surface area contributed by atoms with Crippen LogP contribution < -0.4 is 5.32 Å². The molecule has 2 heteroatoms. The molecule has 0 aromatic rings. The molecule has 2 aliphatic rings. The summed E-state index contributed by atoms with van der Waals surface area (Å²) in [7, 11) is 2.19. The molecule has 51 valence electrons. The zero-order chi connectivity index (χ0) is 6.27. The molecule has 2 rings (SSSR count). The van der Waals surface area contributed by atoms with Crippen LogP contribution in [0.3, 0.4) is 0 Å². The third kappa shape index (κ3) is 0.864. The quantitative estimate of drug-likeness (QED) is 0.493. The highest BCUT2D eigenvalue weighted by molar-refractivity contribution is 4.97. The highest BCUT2D eigenvalue weighted by Crippen LogP contribution is 2.24. The minimum Gasteiger partial charge on any atom is -0.308 e. The van der Waals surface area contributed by atoms with E-state index in [1.54, 1.807) is 0 Å². The van der Waals surface area contributed by atoms with Crippen molar-refractivity contribution in [1.29, 1.82) is 0 Å². The second-order valence-electron chi connectivity index (χ2n) is 3.19. The zero-order valence-electron chi connectivity index (χ0n) is 5.80. The zero-order valence-corrected chi connectivity index (χ0v) is 5.80. The highest BCUT2D eigenvalue weighted by atomic mass is 15.2. The lowest BCUT2D eigenvalue weighted by atomic mass is 10.1. The Kier molecular flexibility index (Phi) is 1.24. The lowest BCUT2D eigenvalue weighted by Gasteiger charge is -2.07. The Balaban J connectivity index is 2.02. The van der Waals surface area contributed by atoms with Crippen molar-refractivity contribution in [2.24, 2.45) is 5.92 Å². The predicted octanol–water partition coefficient (Wildman–Crippen LogP) is 0.0717. The molecular weight excluding hydrogens is 112 g/mol. The first-order valence-corrected chi connectivity index (χ1v) is 3.62. The number of rotatable bonds is 0. The number of likely N-dealkylation sites (N-methyl/N-ethyl adjacent to an activating group) is 1. The van der Waals surface area contributed by atoms with Gasteiger partial charge in [-0.3, -0.25) is 0 Å². The van der Waals surface area contributed by atoms with E-state index in [1.165, 1.54) is 19.5 Å². The van der Waals surface area contributed by atoms with Gasteiger partial charge in [0.2, 0.25) is 0 Å². The molecule has 0 amide bonds. The molecule has 0 aromatic carbocycles. The Morgan fingerprint density at radius 1 is 1.56 bits per heavy atom. The number of hydrogen-bond acceptors (Lipinski definition) is 2. The summed E-state index contributed by atoms with van der Waals surface area (Å²) in [6.07, 6.45) is 1.27. The van der Waals surface area contributed by atoms with Gasteiger partial charge in [0, 0.05) is 25.7 Å². The molecule has 2 nitrogen and oxygen atoms in total. The summed E-state index contributed by atoms with van der Waals surface area (Å²) in [4.78, 5) is 2.40. The van der Waals surface area contributed by atoms with Crippen LogP contribution in [-0.4, -0.2) is 31.1 Å². The van der Waals surface area contributed by atoms with E-state index in [9.17, 15) is 0 Å². The van der Waals surface area contributed by atoms with Crippen molar-refractivity contribution in [3.63, 3.8) is 0 Å². The average Bonchev–Trinajstić information content (AvgIpc) is 2.22. The average molecular weight is 125 g/mol. The van der Waals surface area contributed by atoms with Crippen molar-refractivity contribution in [3.8, 4) is 0 Å². The molecular formula is C7H13N2. The maximum atomic E-state index is 3.38. The first kappa shape index (κ1) is 5.69. The Morgan fingerprint density at radius 2 is 2.44 bits per heavy atom. The van der Waals surface area contributed by atoms with Gasteiger partial charge in [-0.15, -0.1) is 0 Å². The van der Waals surface area contributed by atoms with Gasteiger partial charge in [-0.2, -0.15) is 0 Å². The molecule has 2 unspecified atom stereocenters. The van der Waals surface area contributed by atoms with Crippen LogP contribution in [0.1, 0.15) is 6.42 Å². The Labute approximate surface area is 56.2 Å². The molecule has 1 N–H and O–H groups in total. The van der Waals surface area contributed by atoms with Gasteiger partial charge >= 0.3 is 0 Å². The van der Waals surface area contributed by atoms with Crippen LogP contribution in [0, 0.1) is 12.5 Å². The third-order valence-electron chi connectivity index (χ3n) is 2.38. The van der Waals surface area contributed by atoms with Crippen LogP contribution >= 0.6 is 0 Å². The van der Waals surface area contributed by atoms with Crippen LogP contribution in [0.5, 0.6) is 0 Å². The van der Waals surface area contributed by atoms with Crippen LogP contribution in [-0.2, 0) is 0 Å². The van der Waals surface area contributed by atoms with Crippen LogP contribution in [0.25, 0.3) is 0 Å². The van der Waals surface area contributed by atoms with E-state index in [0.29, 0.717) is 0 Å². The molecule has 0 aliphatic carbocycles. The summed E-state index contributed by atoms with van der Waals surface area (Å²) in [6.45, 7) is 4.73. The van der Waals surface area contributed by atoms with Crippen molar-refractivity contribution in [2.45, 2.75) is 12.5 Å². The summed E-state index contributed by atoms with van der Waals surface area (Å²) < 4.78 is 0. The molecule has 0 aromatic heterocycles. The van der Waals surface area contributed by atoms with E-state index in [0.717, 1.165) is 12.0 Å². The topological polar surface area (TPSA) is 15.3 Å². The summed E-state index contributed by atoms with van der Waals surface area (Å²) in [5, 5.41) is 3.38. The SMILES string of the molecule is CN1CC2C[CH]NC2C1. The molecule has 2 saturated heterocycles. The molecule has 9 heavy (non-hydrogen) atoms. The van der Waals surface area contributed by atoms with Gasteiger partial charge in [-0.05, 0) is 19.4 Å². The normalized spacial score (nSPS) is 43.7. The van der Waals surface area contributed by atoms with E-state index in [-0.39, 0.29) is 0 Å². The Morgan fingerprint density at radius 3 is 3.22 bits per heavy atom. The van der Waals surface area contributed by atoms with Crippen LogP contribution in [0.15, 0.2) is 0 Å². The van der Waals surface area contributed by atoms with Crippen molar-refractivity contribution >= 4 is 0 Å². The number of fused-ring (bicyclic) bond motifs is 1. The number of hydrogen-bond donors (Lipinski definition) is 1. The van der Waals surface area contributed by atoms with E-state index in [1.807, 2.05) is 0 Å². The van der Waals surface area contributed by atoms with Gasteiger partial charge in [0.15, 0.2) is 0 Å². The fraction of sp³-hybridized carbons (Fsp3) is 0.857. The summed E-state index contributed by atoms with van der Waals surface area (Å²) in [5.41, 5.74) is 0. The molecule has 0 bridgehead atoms. The monoisotopic (exact) mass is 125 g/mol. The van der Waals surface area contributed by atoms with Crippen molar-refractivity contribution in [2.75, 3.05) is 20.1 Å². The number of nitrogens with zero attached hydrogens (tertiary/aromatic N) is 1. The molecule has 2 aliphatic heterocycles. The van der Waals surface area contributed by atoms with E-state index < -0.39 is 0 Å². The smallest absolute Gasteiger partial charge is 0.0239 e. The molecule has 0 spiro atoms. The van der Waals surface area contributed by atoms with Gasteiger partial charge in [0.05, 0.1) is 0 Å². The second kappa shape index (κ2) is 1.96. The number of nitrogens with one attached hydrogen (secondary N) is 1. The number of likely N-dealkylation sites (tertiary alicyclic amines) is 1. The summed E-state index contributed by atoms with van der Waals surface area (Å²) in [6, 6.07) is 0.773. The van der Waals surface area contributed by atoms with E-state index in [4.69, 9.17) is 0 Å². The minimum atomic E-state index is 0.773. The molecule has 2 fully saturated rings. The first-order chi connectivity index (χ1) is 4.36. The second-order valence-corrected chi connectivity index (χ2v) is 3.19. The third-order valence-corrected chi connectivity index (χ3v) is 2.38. The standard InChI is InChI=1S/C7H13N2/c1-9-4-6-2-3-8-7(6)5-9/h3,6-8H,2,4-5H2,1H3. The van der Waals surface area contributed by atoms with Gasteiger partial charge in [0.1, 0.15) is 0 Å². The first-order valence-electron chi connectivity index (χ1n) is 3.62. The van der Waals surface area contributed by atoms with Crippen molar-refractivity contribution in [3.05, 3.63) is 6.54 Å². The molecule has 1 radical (unpaired) electrons. The Bertz CT molecular complexity index is 101. The summed E-state index contributed by atoms with van der Waals surface area (Å²) >= 11 is 0. The van der Waals surface area contributed by atoms with Crippen molar-refractivity contribution in [1.82, 2.24) is 10.2 Å². The predicted molar refractivity (Wildman–Crippen MR) is 36.8 cm³/mol. The maximum Gasteiger partial charge on any atom is 0.0239 e. The van der Waals surface area contributed by atoms with Gasteiger partial charge < -0.3 is 10.2 Å². The van der Waals surface area contributed by atoms with Gasteiger partial charge in [-0.25, -0.2) is 0 Å². The van der Waals surface area contributed by atoms with Crippen LogP contribution in [0.2, 0.25) is 0 Å². The fourth-order valence-electron chi connectivity index (χ4n) is 1.89. The molecule has 0 saturated carbocycles. The lowest BCUT2D eigenvalue weighted by Crippen LogP contribution is -2.26. The van der Waals surface area contributed by atoms with Gasteiger partial charge in [0.25, 0.3) is 0 Å². The minimum absolute atomic E-state index is 0.773. The Hall–Kier alpha value is -0.0800. The molecule has 2 heterocycles. The lowest BCUT2D eigenvalue weighted by molar-refractivity contribution is 0.388. The van der Waals surface area contributed by atoms with Crippen LogP contribution in [0.4, 0.5) is 0 Å². The largest absolute Gasteiger partial charge is 0.308 e. The molecule has 2 atom stereocenters. The van der Waals surface area contributed by atoms with E-state index in [2.05, 4.69) is 23.8 Å². The van der Waals surface area contributed by atoms with Gasteiger partial charge in [-0.1, -0.05) is 0 Å². The maximum absolute atomic E-state index is 3.38.